The third-order valence-electron chi connectivity index (χ3n) is 3.68. The van der Waals surface area contributed by atoms with Crippen molar-refractivity contribution in [2.45, 2.75) is 38.0 Å². The Balaban J connectivity index is 2.50. The Labute approximate surface area is 115 Å². The molecule has 1 aromatic carbocycles. The quantitative estimate of drug-likeness (QED) is 0.908. The Morgan fingerprint density at radius 1 is 1.35 bits per heavy atom. The van der Waals surface area contributed by atoms with Crippen LogP contribution in [0.25, 0.3) is 0 Å². The van der Waals surface area contributed by atoms with E-state index in [1.807, 2.05) is 0 Å². The summed E-state index contributed by atoms with van der Waals surface area (Å²) in [5.41, 5.74) is 5.36. The summed E-state index contributed by atoms with van der Waals surface area (Å²) in [6, 6.07) is 4.15. The fourth-order valence-electron chi connectivity index (χ4n) is 2.76. The summed E-state index contributed by atoms with van der Waals surface area (Å²) in [7, 11) is 0. The number of piperidine rings is 1. The largest absolute Gasteiger partial charge is 0.416 e. The molecule has 1 heterocycles. The Kier molecular flexibility index (Phi) is 4.04. The van der Waals surface area contributed by atoms with Gasteiger partial charge in [0, 0.05) is 19.0 Å². The molecule has 2 atom stereocenters. The van der Waals surface area contributed by atoms with E-state index in [0.29, 0.717) is 19.4 Å². The van der Waals surface area contributed by atoms with Crippen LogP contribution in [0, 0.1) is 0 Å². The third kappa shape index (κ3) is 2.65. The van der Waals surface area contributed by atoms with Crippen LogP contribution >= 0.6 is 0 Å². The average Bonchev–Trinajstić information content (AvgIpc) is 2.40. The normalized spacial score (nSPS) is 24.1. The van der Waals surface area contributed by atoms with Gasteiger partial charge in [-0.1, -0.05) is 18.2 Å². The van der Waals surface area contributed by atoms with E-state index in [0.717, 1.165) is 6.07 Å². The summed E-state index contributed by atoms with van der Waals surface area (Å²) in [4.78, 5) is 13.3. The number of carbonyl (C=O) groups is 1. The second kappa shape index (κ2) is 5.44. The minimum Gasteiger partial charge on any atom is -0.334 e. The number of nitrogens with zero attached hydrogens (tertiary/aromatic N) is 1. The molecule has 0 aliphatic carbocycles. The standard InChI is InChI=1S/C14H17F3N2O/c1-2-19-12(20)8-7-11(18)13(19)9-5-3-4-6-10(9)14(15,16)17/h3-6,11,13H,2,7-8,18H2,1H3. The van der Waals surface area contributed by atoms with Crippen molar-refractivity contribution < 1.29 is 18.0 Å². The second-order valence-corrected chi connectivity index (χ2v) is 4.91. The molecule has 0 aromatic heterocycles. The number of hydrogen-bond donors (Lipinski definition) is 1. The smallest absolute Gasteiger partial charge is 0.334 e. The van der Waals surface area contributed by atoms with E-state index in [9.17, 15) is 18.0 Å². The van der Waals surface area contributed by atoms with Gasteiger partial charge >= 0.3 is 6.18 Å². The molecule has 2 unspecified atom stereocenters. The van der Waals surface area contributed by atoms with Crippen LogP contribution in [0.2, 0.25) is 0 Å². The summed E-state index contributed by atoms with van der Waals surface area (Å²) in [5, 5.41) is 0. The Bertz CT molecular complexity index is 501. The van der Waals surface area contributed by atoms with Crippen LogP contribution in [0.5, 0.6) is 0 Å². The van der Waals surface area contributed by atoms with E-state index < -0.39 is 23.8 Å². The van der Waals surface area contributed by atoms with Crippen LogP contribution < -0.4 is 5.73 Å². The zero-order chi connectivity index (χ0) is 14.9. The number of rotatable bonds is 2. The number of benzene rings is 1. The second-order valence-electron chi connectivity index (χ2n) is 4.91. The van der Waals surface area contributed by atoms with Crippen LogP contribution in [0.4, 0.5) is 13.2 Å². The first-order chi connectivity index (χ1) is 9.36. The van der Waals surface area contributed by atoms with E-state index in [2.05, 4.69) is 0 Å². The van der Waals surface area contributed by atoms with Gasteiger partial charge in [0.15, 0.2) is 0 Å². The monoisotopic (exact) mass is 286 g/mol. The first kappa shape index (κ1) is 14.8. The number of hydrogen-bond acceptors (Lipinski definition) is 2. The first-order valence-electron chi connectivity index (χ1n) is 6.57. The molecule has 110 valence electrons. The molecule has 2 rings (SSSR count). The zero-order valence-electron chi connectivity index (χ0n) is 11.2. The Morgan fingerprint density at radius 3 is 2.60 bits per heavy atom. The predicted octanol–water partition coefficient (Wildman–Crippen LogP) is 2.72. The number of amides is 1. The highest BCUT2D eigenvalue weighted by Gasteiger charge is 2.40. The fourth-order valence-corrected chi connectivity index (χ4v) is 2.76. The van der Waals surface area contributed by atoms with Gasteiger partial charge in [-0.25, -0.2) is 0 Å². The van der Waals surface area contributed by atoms with Gasteiger partial charge < -0.3 is 10.6 Å². The highest BCUT2D eigenvalue weighted by Crippen LogP contribution is 2.39. The summed E-state index contributed by atoms with van der Waals surface area (Å²) < 4.78 is 39.3. The summed E-state index contributed by atoms with van der Waals surface area (Å²) in [6.45, 7) is 2.10. The molecule has 3 nitrogen and oxygen atoms in total. The molecule has 6 heteroatoms. The van der Waals surface area contributed by atoms with Gasteiger partial charge in [-0.3, -0.25) is 4.79 Å². The lowest BCUT2D eigenvalue weighted by Gasteiger charge is -2.40. The van der Waals surface area contributed by atoms with Crippen molar-refractivity contribution in [3.05, 3.63) is 35.4 Å². The third-order valence-corrected chi connectivity index (χ3v) is 3.68. The van der Waals surface area contributed by atoms with Crippen LogP contribution in [0.15, 0.2) is 24.3 Å². The maximum atomic E-state index is 13.1. The van der Waals surface area contributed by atoms with Crippen LogP contribution in [0.3, 0.4) is 0 Å². The predicted molar refractivity (Wildman–Crippen MR) is 68.8 cm³/mol. The SMILES string of the molecule is CCN1C(=O)CCC(N)C1c1ccccc1C(F)(F)F. The van der Waals surface area contributed by atoms with E-state index in [4.69, 9.17) is 5.73 Å². The summed E-state index contributed by atoms with van der Waals surface area (Å²) in [6.07, 6.45) is -3.75. The maximum absolute atomic E-state index is 13.1. The van der Waals surface area contributed by atoms with E-state index >= 15 is 0 Å². The Morgan fingerprint density at radius 2 is 2.00 bits per heavy atom. The van der Waals surface area contributed by atoms with Crippen molar-refractivity contribution in [3.8, 4) is 0 Å². The average molecular weight is 286 g/mol. The maximum Gasteiger partial charge on any atom is 0.416 e. The summed E-state index contributed by atoms with van der Waals surface area (Å²) >= 11 is 0. The molecule has 20 heavy (non-hydrogen) atoms. The molecule has 0 radical (unpaired) electrons. The van der Waals surface area contributed by atoms with Crippen LogP contribution in [-0.4, -0.2) is 23.4 Å². The molecule has 0 spiro atoms. The molecule has 1 aromatic rings. The Hall–Kier alpha value is -1.56. The molecular weight excluding hydrogens is 269 g/mol. The molecule has 1 fully saturated rings. The number of nitrogens with two attached hydrogens (primary N) is 1. The lowest BCUT2D eigenvalue weighted by Crippen LogP contribution is -2.49. The molecule has 1 aliphatic rings. The summed E-state index contributed by atoms with van der Waals surface area (Å²) in [5.74, 6) is -0.142. The highest BCUT2D eigenvalue weighted by molar-refractivity contribution is 5.78. The van der Waals surface area contributed by atoms with Crippen molar-refractivity contribution in [2.75, 3.05) is 6.54 Å². The van der Waals surface area contributed by atoms with Gasteiger partial charge in [-0.15, -0.1) is 0 Å². The van der Waals surface area contributed by atoms with Crippen molar-refractivity contribution in [1.82, 2.24) is 4.90 Å². The molecular formula is C14H17F3N2O. The van der Waals surface area contributed by atoms with Crippen molar-refractivity contribution in [1.29, 1.82) is 0 Å². The van der Waals surface area contributed by atoms with Gasteiger partial charge in [0.05, 0.1) is 11.6 Å². The zero-order valence-corrected chi connectivity index (χ0v) is 11.2. The molecule has 2 N–H and O–H groups in total. The first-order valence-corrected chi connectivity index (χ1v) is 6.57. The molecule has 1 saturated heterocycles. The van der Waals surface area contributed by atoms with Crippen molar-refractivity contribution >= 4 is 5.91 Å². The molecule has 1 aliphatic heterocycles. The van der Waals surface area contributed by atoms with Crippen LogP contribution in [-0.2, 0) is 11.0 Å². The number of alkyl halides is 3. The molecule has 0 bridgehead atoms. The number of carbonyl (C=O) groups excluding carboxylic acids is 1. The van der Waals surface area contributed by atoms with Gasteiger partial charge in [-0.05, 0) is 25.0 Å². The number of likely N-dealkylation sites (tertiary alicyclic amines) is 1. The topological polar surface area (TPSA) is 46.3 Å². The number of halogens is 3. The fraction of sp³-hybridized carbons (Fsp3) is 0.500. The lowest BCUT2D eigenvalue weighted by atomic mass is 9.88. The molecule has 0 saturated carbocycles. The van der Waals surface area contributed by atoms with Gasteiger partial charge in [-0.2, -0.15) is 13.2 Å². The van der Waals surface area contributed by atoms with Gasteiger partial charge in [0.1, 0.15) is 0 Å². The van der Waals surface area contributed by atoms with Gasteiger partial charge in [0.2, 0.25) is 5.91 Å². The van der Waals surface area contributed by atoms with E-state index in [-0.39, 0.29) is 11.5 Å². The van der Waals surface area contributed by atoms with E-state index in [1.165, 1.54) is 17.0 Å². The minimum absolute atomic E-state index is 0.0856. The minimum atomic E-state index is -4.45. The molecule has 1 amide bonds. The van der Waals surface area contributed by atoms with Crippen molar-refractivity contribution in [3.63, 3.8) is 0 Å². The van der Waals surface area contributed by atoms with Crippen molar-refractivity contribution in [2.24, 2.45) is 5.73 Å². The van der Waals surface area contributed by atoms with E-state index in [1.54, 1.807) is 13.0 Å². The van der Waals surface area contributed by atoms with Gasteiger partial charge in [0.25, 0.3) is 0 Å². The van der Waals surface area contributed by atoms with Crippen LogP contribution in [0.1, 0.15) is 36.9 Å². The highest BCUT2D eigenvalue weighted by atomic mass is 19.4. The number of likely N-dealkylation sites (N-methyl/N-ethyl adjacent to an activating group) is 1. The lowest BCUT2D eigenvalue weighted by molar-refractivity contribution is -0.143.